The second-order valence-corrected chi connectivity index (χ2v) is 7.76. The zero-order valence-corrected chi connectivity index (χ0v) is 17.5. The largest absolute Gasteiger partial charge is 0.416 e. The Labute approximate surface area is 183 Å². The van der Waals surface area contributed by atoms with Crippen molar-refractivity contribution < 1.29 is 22.7 Å². The quantitative estimate of drug-likeness (QED) is 0.594. The molecule has 4 rings (SSSR count). The van der Waals surface area contributed by atoms with Gasteiger partial charge in [-0.3, -0.25) is 14.8 Å². The van der Waals surface area contributed by atoms with Crippen LogP contribution < -0.4 is 0 Å². The molecule has 0 aliphatic carbocycles. The first kappa shape index (κ1) is 22.0. The van der Waals surface area contributed by atoms with E-state index in [9.17, 15) is 18.0 Å². The highest BCUT2D eigenvalue weighted by atomic mass is 19.4. The van der Waals surface area contributed by atoms with E-state index in [4.69, 9.17) is 4.74 Å². The standard InChI is InChI=1S/C24H22F3N3O2/c1-16-11-18(12-17-3-2-4-20(13-17)24(25,26)27)14-21(29-16)22-15-30(9-10-32-22)23(31)19-5-7-28-8-6-19/h2-8,11,13-14,22H,9-10,12,15H2,1H3/t22-/m0/s1. The normalized spacial score (nSPS) is 16.8. The molecule has 0 spiro atoms. The average molecular weight is 441 g/mol. The Morgan fingerprint density at radius 1 is 1.12 bits per heavy atom. The Hall–Kier alpha value is -3.26. The van der Waals surface area contributed by atoms with Crippen LogP contribution in [0.3, 0.4) is 0 Å². The number of carbonyl (C=O) groups excluding carboxylic acids is 1. The molecule has 0 bridgehead atoms. The predicted molar refractivity (Wildman–Crippen MR) is 112 cm³/mol. The fraction of sp³-hybridized carbons (Fsp3) is 0.292. The molecule has 0 N–H and O–H groups in total. The average Bonchev–Trinajstić information content (AvgIpc) is 2.78. The van der Waals surface area contributed by atoms with Gasteiger partial charge in [0.15, 0.2) is 0 Å². The lowest BCUT2D eigenvalue weighted by Gasteiger charge is -2.33. The number of morpholine rings is 1. The Bertz CT molecular complexity index is 1100. The van der Waals surface area contributed by atoms with Crippen LogP contribution >= 0.6 is 0 Å². The molecule has 1 aromatic carbocycles. The smallest absolute Gasteiger partial charge is 0.368 e. The van der Waals surface area contributed by atoms with Crippen molar-refractivity contribution >= 4 is 5.91 Å². The van der Waals surface area contributed by atoms with Crippen molar-refractivity contribution in [1.82, 2.24) is 14.9 Å². The van der Waals surface area contributed by atoms with Gasteiger partial charge in [0.05, 0.1) is 24.4 Å². The third-order valence-electron chi connectivity index (χ3n) is 5.31. The maximum absolute atomic E-state index is 13.0. The van der Waals surface area contributed by atoms with Gasteiger partial charge in [-0.25, -0.2) is 0 Å². The van der Waals surface area contributed by atoms with Gasteiger partial charge in [-0.05, 0) is 54.8 Å². The first-order valence-corrected chi connectivity index (χ1v) is 10.2. The number of hydrogen-bond donors (Lipinski definition) is 0. The lowest BCUT2D eigenvalue weighted by atomic mass is 10.0. The summed E-state index contributed by atoms with van der Waals surface area (Å²) < 4.78 is 45.0. The van der Waals surface area contributed by atoms with E-state index in [1.165, 1.54) is 12.1 Å². The van der Waals surface area contributed by atoms with Gasteiger partial charge in [0.2, 0.25) is 0 Å². The predicted octanol–water partition coefficient (Wildman–Crippen LogP) is 4.61. The molecule has 3 aromatic rings. The van der Waals surface area contributed by atoms with Gasteiger partial charge in [0, 0.05) is 30.2 Å². The minimum Gasteiger partial charge on any atom is -0.368 e. The summed E-state index contributed by atoms with van der Waals surface area (Å²) in [7, 11) is 0. The third-order valence-corrected chi connectivity index (χ3v) is 5.31. The van der Waals surface area contributed by atoms with Crippen LogP contribution in [0.5, 0.6) is 0 Å². The van der Waals surface area contributed by atoms with Gasteiger partial charge in [-0.1, -0.05) is 18.2 Å². The van der Waals surface area contributed by atoms with Gasteiger partial charge < -0.3 is 9.64 Å². The van der Waals surface area contributed by atoms with E-state index in [1.54, 1.807) is 35.5 Å². The number of rotatable bonds is 4. The molecule has 1 aliphatic rings. The summed E-state index contributed by atoms with van der Waals surface area (Å²) in [5, 5.41) is 0. The second kappa shape index (κ2) is 9.08. The van der Waals surface area contributed by atoms with Crippen LogP contribution in [0.1, 0.15) is 44.5 Å². The molecule has 0 saturated carbocycles. The van der Waals surface area contributed by atoms with Crippen LogP contribution in [0.25, 0.3) is 0 Å². The topological polar surface area (TPSA) is 55.3 Å². The summed E-state index contributed by atoms with van der Waals surface area (Å²) in [5.74, 6) is -0.0995. The minimum absolute atomic E-state index is 0.0995. The molecule has 1 saturated heterocycles. The first-order valence-electron chi connectivity index (χ1n) is 10.2. The molecule has 1 atom stereocenters. The summed E-state index contributed by atoms with van der Waals surface area (Å²) in [5.41, 5.74) is 2.71. The van der Waals surface area contributed by atoms with Crippen molar-refractivity contribution in [2.75, 3.05) is 19.7 Å². The molecule has 8 heteroatoms. The number of halogens is 3. The molecule has 2 aromatic heterocycles. The Balaban J connectivity index is 1.53. The van der Waals surface area contributed by atoms with Gasteiger partial charge in [0.25, 0.3) is 5.91 Å². The number of benzene rings is 1. The van der Waals surface area contributed by atoms with Gasteiger partial charge >= 0.3 is 6.18 Å². The zero-order valence-electron chi connectivity index (χ0n) is 17.5. The molecule has 32 heavy (non-hydrogen) atoms. The molecule has 1 fully saturated rings. The molecule has 1 aliphatic heterocycles. The number of ether oxygens (including phenoxy) is 1. The van der Waals surface area contributed by atoms with Gasteiger partial charge in [-0.2, -0.15) is 13.2 Å². The van der Waals surface area contributed by atoms with Crippen molar-refractivity contribution in [1.29, 1.82) is 0 Å². The van der Waals surface area contributed by atoms with Crippen molar-refractivity contribution in [3.8, 4) is 0 Å². The maximum Gasteiger partial charge on any atom is 0.416 e. The number of pyridine rings is 2. The Morgan fingerprint density at radius 2 is 1.91 bits per heavy atom. The number of alkyl halides is 3. The highest BCUT2D eigenvalue weighted by molar-refractivity contribution is 5.94. The van der Waals surface area contributed by atoms with Crippen molar-refractivity contribution in [2.45, 2.75) is 25.6 Å². The lowest BCUT2D eigenvalue weighted by Crippen LogP contribution is -2.42. The van der Waals surface area contributed by atoms with E-state index in [2.05, 4.69) is 9.97 Å². The fourth-order valence-corrected chi connectivity index (χ4v) is 3.82. The molecule has 166 valence electrons. The highest BCUT2D eigenvalue weighted by Gasteiger charge is 2.30. The van der Waals surface area contributed by atoms with Crippen LogP contribution in [0.4, 0.5) is 13.2 Å². The molecule has 0 unspecified atom stereocenters. The third kappa shape index (κ3) is 5.13. The zero-order chi connectivity index (χ0) is 22.7. The lowest BCUT2D eigenvalue weighted by molar-refractivity contribution is -0.137. The summed E-state index contributed by atoms with van der Waals surface area (Å²) in [6.45, 7) is 3.03. The minimum atomic E-state index is -4.38. The van der Waals surface area contributed by atoms with Crippen LogP contribution in [-0.4, -0.2) is 40.5 Å². The van der Waals surface area contributed by atoms with Crippen LogP contribution in [0.15, 0.2) is 60.9 Å². The van der Waals surface area contributed by atoms with E-state index in [1.807, 2.05) is 19.1 Å². The number of carbonyl (C=O) groups is 1. The molecule has 3 heterocycles. The van der Waals surface area contributed by atoms with E-state index in [0.29, 0.717) is 42.9 Å². The van der Waals surface area contributed by atoms with E-state index in [0.717, 1.165) is 17.3 Å². The monoisotopic (exact) mass is 441 g/mol. The molecular weight excluding hydrogens is 419 g/mol. The molecular formula is C24H22F3N3O2. The summed E-state index contributed by atoms with van der Waals surface area (Å²) in [6, 6.07) is 12.4. The van der Waals surface area contributed by atoms with E-state index in [-0.39, 0.29) is 5.91 Å². The second-order valence-electron chi connectivity index (χ2n) is 7.76. The Morgan fingerprint density at radius 3 is 2.66 bits per heavy atom. The Kier molecular flexibility index (Phi) is 6.23. The summed E-state index contributed by atoms with van der Waals surface area (Å²) in [4.78, 5) is 23.0. The number of nitrogens with zero attached hydrogens (tertiary/aromatic N) is 3. The van der Waals surface area contributed by atoms with Crippen LogP contribution in [-0.2, 0) is 17.3 Å². The van der Waals surface area contributed by atoms with E-state index >= 15 is 0 Å². The van der Waals surface area contributed by atoms with Crippen molar-refractivity contribution in [2.24, 2.45) is 0 Å². The SMILES string of the molecule is Cc1cc(Cc2cccc(C(F)(F)F)c2)cc([C@@H]2CN(C(=O)c3ccncc3)CCO2)n1. The number of amides is 1. The van der Waals surface area contributed by atoms with Crippen LogP contribution in [0.2, 0.25) is 0 Å². The summed E-state index contributed by atoms with van der Waals surface area (Å²) in [6.07, 6.45) is -1.29. The van der Waals surface area contributed by atoms with E-state index < -0.39 is 17.8 Å². The van der Waals surface area contributed by atoms with Crippen molar-refractivity contribution in [3.05, 3.63) is 94.6 Å². The summed E-state index contributed by atoms with van der Waals surface area (Å²) >= 11 is 0. The number of hydrogen-bond acceptors (Lipinski definition) is 4. The highest BCUT2D eigenvalue weighted by Crippen LogP contribution is 2.30. The van der Waals surface area contributed by atoms with Gasteiger partial charge in [0.1, 0.15) is 6.10 Å². The number of aryl methyl sites for hydroxylation is 1. The number of aromatic nitrogens is 2. The fourth-order valence-electron chi connectivity index (χ4n) is 3.82. The molecule has 0 radical (unpaired) electrons. The van der Waals surface area contributed by atoms with Crippen molar-refractivity contribution in [3.63, 3.8) is 0 Å². The van der Waals surface area contributed by atoms with Crippen LogP contribution in [0, 0.1) is 6.92 Å². The first-order chi connectivity index (χ1) is 15.3. The molecule has 1 amide bonds. The molecule has 5 nitrogen and oxygen atoms in total. The van der Waals surface area contributed by atoms with Gasteiger partial charge in [-0.15, -0.1) is 0 Å². The maximum atomic E-state index is 13.0.